The summed E-state index contributed by atoms with van der Waals surface area (Å²) in [5.41, 5.74) is 0. The van der Waals surface area contributed by atoms with Crippen molar-refractivity contribution in [2.45, 2.75) is 40.0 Å². The fourth-order valence-electron chi connectivity index (χ4n) is 3.81. The Morgan fingerprint density at radius 1 is 1.24 bits per heavy atom. The molecular weight excluding hydrogens is 282 g/mol. The third-order valence-electron chi connectivity index (χ3n) is 4.90. The topological polar surface area (TPSA) is 46.2 Å². The number of carbonyl (C=O) groups is 2. The van der Waals surface area contributed by atoms with Crippen LogP contribution in [0.15, 0.2) is 12.2 Å². The molecule has 1 saturated carbocycles. The summed E-state index contributed by atoms with van der Waals surface area (Å²) in [6, 6.07) is 0. The zero-order valence-corrected chi connectivity index (χ0v) is 14.1. The van der Waals surface area contributed by atoms with Gasteiger partial charge in [-0.3, -0.25) is 9.59 Å². The van der Waals surface area contributed by atoms with Crippen molar-refractivity contribution < 1.29 is 9.59 Å². The minimum absolute atomic E-state index is 0.0293. The summed E-state index contributed by atoms with van der Waals surface area (Å²) in [6.45, 7) is 6.57. The zero-order valence-electron chi connectivity index (χ0n) is 13.3. The van der Waals surface area contributed by atoms with Crippen molar-refractivity contribution in [2.75, 3.05) is 12.3 Å². The first-order valence-corrected chi connectivity index (χ1v) is 9.07. The van der Waals surface area contributed by atoms with Crippen LogP contribution in [0.3, 0.4) is 0 Å². The fourth-order valence-corrected chi connectivity index (χ4v) is 4.79. The molecule has 21 heavy (non-hydrogen) atoms. The number of amides is 1. The van der Waals surface area contributed by atoms with Crippen molar-refractivity contribution in [1.82, 2.24) is 5.32 Å². The van der Waals surface area contributed by atoms with Gasteiger partial charge in [-0.15, -0.1) is 0 Å². The second-order valence-electron chi connectivity index (χ2n) is 6.67. The first kappa shape index (κ1) is 16.6. The van der Waals surface area contributed by atoms with E-state index in [4.69, 9.17) is 0 Å². The number of carbonyl (C=O) groups excluding carboxylic acids is 2. The lowest BCUT2D eigenvalue weighted by atomic mass is 9.63. The van der Waals surface area contributed by atoms with Gasteiger partial charge in [0, 0.05) is 25.1 Å². The second-order valence-corrected chi connectivity index (χ2v) is 7.77. The lowest BCUT2D eigenvalue weighted by molar-refractivity contribution is -0.119. The van der Waals surface area contributed by atoms with Crippen LogP contribution in [0.1, 0.15) is 40.0 Å². The molecular formula is C17H27NO2S. The summed E-state index contributed by atoms with van der Waals surface area (Å²) in [5, 5.41) is 3.07. The van der Waals surface area contributed by atoms with E-state index in [9.17, 15) is 9.59 Å². The van der Waals surface area contributed by atoms with Crippen LogP contribution in [0.4, 0.5) is 0 Å². The summed E-state index contributed by atoms with van der Waals surface area (Å²) in [6.07, 6.45) is 8.27. The molecule has 4 heteroatoms. The lowest BCUT2D eigenvalue weighted by Gasteiger charge is -2.42. The van der Waals surface area contributed by atoms with E-state index in [1.807, 2.05) is 0 Å². The van der Waals surface area contributed by atoms with E-state index < -0.39 is 0 Å². The summed E-state index contributed by atoms with van der Waals surface area (Å²) >= 11 is 1.40. The van der Waals surface area contributed by atoms with Crippen LogP contribution < -0.4 is 5.32 Å². The van der Waals surface area contributed by atoms with Crippen LogP contribution in [0.5, 0.6) is 0 Å². The van der Waals surface area contributed by atoms with Crippen molar-refractivity contribution in [1.29, 1.82) is 0 Å². The molecule has 0 heterocycles. The van der Waals surface area contributed by atoms with E-state index in [1.54, 1.807) is 0 Å². The van der Waals surface area contributed by atoms with E-state index in [0.717, 1.165) is 5.92 Å². The summed E-state index contributed by atoms with van der Waals surface area (Å²) in [7, 11) is 0. The highest BCUT2D eigenvalue weighted by atomic mass is 32.2. The quantitative estimate of drug-likeness (QED) is 0.640. The maximum atomic E-state index is 12.6. The Morgan fingerprint density at radius 2 is 2.00 bits per heavy atom. The van der Waals surface area contributed by atoms with Crippen LogP contribution in [0.2, 0.25) is 0 Å². The average Bonchev–Trinajstić information content (AvgIpc) is 2.43. The predicted octanol–water partition coefficient (Wildman–Crippen LogP) is 3.26. The van der Waals surface area contributed by atoms with Crippen molar-refractivity contribution in [3.63, 3.8) is 0 Å². The van der Waals surface area contributed by atoms with Crippen molar-refractivity contribution in [3.8, 4) is 0 Å². The molecule has 0 spiro atoms. The van der Waals surface area contributed by atoms with Crippen LogP contribution in [-0.4, -0.2) is 23.3 Å². The third-order valence-corrected chi connectivity index (χ3v) is 5.86. The summed E-state index contributed by atoms with van der Waals surface area (Å²) in [4.78, 5) is 23.5. The molecule has 0 aromatic heterocycles. The van der Waals surface area contributed by atoms with Crippen LogP contribution in [-0.2, 0) is 9.59 Å². The molecule has 0 aromatic rings. The van der Waals surface area contributed by atoms with Crippen LogP contribution in [0, 0.1) is 29.6 Å². The summed E-state index contributed by atoms with van der Waals surface area (Å²) < 4.78 is 0. The van der Waals surface area contributed by atoms with Gasteiger partial charge < -0.3 is 5.32 Å². The number of rotatable bonds is 4. The minimum Gasteiger partial charge on any atom is -0.356 e. The van der Waals surface area contributed by atoms with Crippen LogP contribution >= 0.6 is 11.8 Å². The Kier molecular flexibility index (Phi) is 5.91. The number of hydrogen-bond acceptors (Lipinski definition) is 3. The molecule has 118 valence electrons. The SMILES string of the molecule is CC(=O)NCCSC(=O)[C@H]1[C@@H]2CC[C@@H](C)C[C@H]2C=C[C@H]1C. The second kappa shape index (κ2) is 7.48. The number of thioether (sulfide) groups is 1. The highest BCUT2D eigenvalue weighted by Gasteiger charge is 2.41. The summed E-state index contributed by atoms with van der Waals surface area (Å²) in [5.74, 6) is 3.07. The van der Waals surface area contributed by atoms with Gasteiger partial charge in [-0.2, -0.15) is 0 Å². The normalized spacial score (nSPS) is 35.1. The Balaban J connectivity index is 1.92. The molecule has 5 atom stereocenters. The molecule has 3 nitrogen and oxygen atoms in total. The Morgan fingerprint density at radius 3 is 2.71 bits per heavy atom. The first-order valence-electron chi connectivity index (χ1n) is 8.08. The third kappa shape index (κ3) is 4.35. The van der Waals surface area contributed by atoms with Gasteiger partial charge in [-0.1, -0.05) is 44.2 Å². The molecule has 1 fully saturated rings. The zero-order chi connectivity index (χ0) is 15.4. The highest BCUT2D eigenvalue weighted by molar-refractivity contribution is 8.13. The molecule has 0 bridgehead atoms. The van der Waals surface area contributed by atoms with E-state index in [-0.39, 0.29) is 11.8 Å². The van der Waals surface area contributed by atoms with Gasteiger partial charge in [0.25, 0.3) is 0 Å². The smallest absolute Gasteiger partial charge is 0.216 e. The van der Waals surface area contributed by atoms with Gasteiger partial charge in [0.15, 0.2) is 5.12 Å². The maximum Gasteiger partial charge on any atom is 0.216 e. The van der Waals surface area contributed by atoms with Gasteiger partial charge in [-0.25, -0.2) is 0 Å². The standard InChI is InChI=1S/C17H27NO2S/c1-11-4-7-15-14(10-11)6-5-12(2)16(15)17(20)21-9-8-18-13(3)19/h5-6,11-12,14-16H,4,7-10H2,1-3H3,(H,18,19)/t11-,12-,14-,15-,16-/m1/s1. The molecule has 1 N–H and O–H groups in total. The fraction of sp³-hybridized carbons (Fsp3) is 0.765. The van der Waals surface area contributed by atoms with Gasteiger partial charge in [0.1, 0.15) is 0 Å². The maximum absolute atomic E-state index is 12.6. The lowest BCUT2D eigenvalue weighted by Crippen LogP contribution is -2.38. The largest absolute Gasteiger partial charge is 0.356 e. The van der Waals surface area contributed by atoms with Crippen molar-refractivity contribution >= 4 is 22.8 Å². The van der Waals surface area contributed by atoms with Crippen molar-refractivity contribution in [2.24, 2.45) is 29.6 Å². The number of nitrogens with one attached hydrogen (secondary N) is 1. The molecule has 2 aliphatic carbocycles. The number of fused-ring (bicyclic) bond motifs is 1. The molecule has 0 radical (unpaired) electrons. The molecule has 0 unspecified atom stereocenters. The molecule has 2 rings (SSSR count). The van der Waals surface area contributed by atoms with Gasteiger partial charge in [0.05, 0.1) is 0 Å². The average molecular weight is 309 g/mol. The number of hydrogen-bond donors (Lipinski definition) is 1. The molecule has 0 saturated heterocycles. The predicted molar refractivity (Wildman–Crippen MR) is 87.9 cm³/mol. The van der Waals surface area contributed by atoms with E-state index in [1.165, 1.54) is 37.9 Å². The highest BCUT2D eigenvalue weighted by Crippen LogP contribution is 2.46. The monoisotopic (exact) mass is 309 g/mol. The first-order chi connectivity index (χ1) is 9.99. The van der Waals surface area contributed by atoms with E-state index >= 15 is 0 Å². The number of allylic oxidation sites excluding steroid dienone is 2. The molecule has 0 aliphatic heterocycles. The van der Waals surface area contributed by atoms with Gasteiger partial charge in [-0.05, 0) is 36.5 Å². The van der Waals surface area contributed by atoms with Crippen molar-refractivity contribution in [3.05, 3.63) is 12.2 Å². The van der Waals surface area contributed by atoms with Crippen LogP contribution in [0.25, 0.3) is 0 Å². The Labute approximate surface area is 132 Å². The molecule has 2 aliphatic rings. The Bertz CT molecular complexity index is 421. The Hall–Kier alpha value is -0.770. The van der Waals surface area contributed by atoms with E-state index in [0.29, 0.717) is 35.2 Å². The minimum atomic E-state index is -0.0293. The van der Waals surface area contributed by atoms with E-state index in [2.05, 4.69) is 31.3 Å². The molecule has 0 aromatic carbocycles. The van der Waals surface area contributed by atoms with Gasteiger partial charge >= 0.3 is 0 Å². The molecule has 1 amide bonds. The van der Waals surface area contributed by atoms with Gasteiger partial charge in [0.2, 0.25) is 5.91 Å².